The number of carbonyl (C=O) groups excluding carboxylic acids is 2. The fourth-order valence-corrected chi connectivity index (χ4v) is 3.75. The van der Waals surface area contributed by atoms with Gasteiger partial charge in [0.1, 0.15) is 5.69 Å². The van der Waals surface area contributed by atoms with E-state index in [2.05, 4.69) is 15.5 Å². The lowest BCUT2D eigenvalue weighted by atomic mass is 9.88. The Morgan fingerprint density at radius 1 is 1.24 bits per heavy atom. The number of hydrogen-bond donors (Lipinski definition) is 1. The van der Waals surface area contributed by atoms with Gasteiger partial charge >= 0.3 is 5.76 Å². The monoisotopic (exact) mass is 400 g/mol. The molecule has 1 atom stereocenters. The second-order valence-electron chi connectivity index (χ2n) is 8.07. The molecule has 3 rings (SSSR count). The molecule has 29 heavy (non-hydrogen) atoms. The van der Waals surface area contributed by atoms with Crippen molar-refractivity contribution < 1.29 is 14.1 Å². The molecule has 0 radical (unpaired) electrons. The topological polar surface area (TPSA) is 107 Å². The molecule has 8 nitrogen and oxygen atoms in total. The summed E-state index contributed by atoms with van der Waals surface area (Å²) in [6.45, 7) is 3.77. The van der Waals surface area contributed by atoms with Crippen LogP contribution >= 0.6 is 0 Å². The second-order valence-corrected chi connectivity index (χ2v) is 8.07. The molecule has 1 amide bonds. The third kappa shape index (κ3) is 5.40. The predicted octanol–water partition coefficient (Wildman–Crippen LogP) is 2.58. The number of hydrogen-bond acceptors (Lipinski definition) is 6. The second kappa shape index (κ2) is 9.62. The third-order valence-electron chi connectivity index (χ3n) is 5.28. The van der Waals surface area contributed by atoms with Crippen LogP contribution in [-0.2, 0) is 16.1 Å². The summed E-state index contributed by atoms with van der Waals surface area (Å²) < 4.78 is 5.94. The molecule has 2 aromatic heterocycles. The van der Waals surface area contributed by atoms with E-state index in [0.29, 0.717) is 12.1 Å². The number of pyridine rings is 1. The summed E-state index contributed by atoms with van der Waals surface area (Å²) in [6.07, 6.45) is 7.06. The lowest BCUT2D eigenvalue weighted by Crippen LogP contribution is -2.46. The first kappa shape index (κ1) is 21.0. The van der Waals surface area contributed by atoms with E-state index in [1.165, 1.54) is 4.57 Å². The van der Waals surface area contributed by atoms with Crippen molar-refractivity contribution in [2.24, 2.45) is 11.8 Å². The summed E-state index contributed by atoms with van der Waals surface area (Å²) in [5.74, 6) is -0.651. The van der Waals surface area contributed by atoms with Gasteiger partial charge in [0.05, 0.1) is 12.6 Å². The van der Waals surface area contributed by atoms with Crippen LogP contribution in [0.25, 0.3) is 11.5 Å². The van der Waals surface area contributed by atoms with E-state index in [0.717, 1.165) is 32.1 Å². The van der Waals surface area contributed by atoms with Crippen molar-refractivity contribution in [3.8, 4) is 11.5 Å². The molecular formula is C21H28N4O4. The zero-order chi connectivity index (χ0) is 20.8. The van der Waals surface area contributed by atoms with E-state index in [9.17, 15) is 14.4 Å². The Morgan fingerprint density at radius 3 is 2.66 bits per heavy atom. The number of Topliss-reactive ketones (excluding diaryl/α,β-unsaturated/α-hetero) is 1. The molecule has 1 aliphatic carbocycles. The van der Waals surface area contributed by atoms with Gasteiger partial charge in [0, 0.05) is 12.1 Å². The molecular weight excluding hydrogens is 372 g/mol. The minimum absolute atomic E-state index is 0.0337. The maximum Gasteiger partial charge on any atom is 0.442 e. The minimum atomic E-state index is -0.721. The van der Waals surface area contributed by atoms with Gasteiger partial charge in [-0.15, -0.1) is 0 Å². The lowest BCUT2D eigenvalue weighted by Gasteiger charge is -2.25. The maximum absolute atomic E-state index is 13.0. The lowest BCUT2D eigenvalue weighted by molar-refractivity contribution is -0.131. The standard InChI is InChI=1S/C21H28N4O4/c1-14(2)12-17(23-20(27)15-8-4-3-5-9-15)18(26)13-25-19(24-29-21(25)28)16-10-6-7-11-22-16/h6-7,10-11,14-15,17H,3-5,8-9,12-13H2,1-2H3,(H,23,27). The number of ketones is 1. The third-order valence-corrected chi connectivity index (χ3v) is 5.28. The van der Waals surface area contributed by atoms with E-state index < -0.39 is 11.8 Å². The average molecular weight is 400 g/mol. The number of aromatic nitrogens is 3. The van der Waals surface area contributed by atoms with Crippen molar-refractivity contribution >= 4 is 11.7 Å². The first-order valence-electron chi connectivity index (χ1n) is 10.3. The molecule has 1 fully saturated rings. The molecule has 0 saturated heterocycles. The zero-order valence-electron chi connectivity index (χ0n) is 17.0. The Morgan fingerprint density at radius 2 is 2.00 bits per heavy atom. The van der Waals surface area contributed by atoms with Crippen LogP contribution in [-0.4, -0.2) is 32.4 Å². The maximum atomic E-state index is 13.0. The SMILES string of the molecule is CC(C)CC(NC(=O)C1CCCCC1)C(=O)Cn1c(-c2ccccn2)noc1=O. The van der Waals surface area contributed by atoms with Crippen LogP contribution in [0.4, 0.5) is 0 Å². The number of rotatable bonds is 8. The summed E-state index contributed by atoms with van der Waals surface area (Å²) in [5.41, 5.74) is 0.442. The van der Waals surface area contributed by atoms with Gasteiger partial charge in [-0.25, -0.2) is 9.36 Å². The van der Waals surface area contributed by atoms with Crippen molar-refractivity contribution in [3.05, 3.63) is 34.9 Å². The van der Waals surface area contributed by atoms with Crippen LogP contribution in [0.3, 0.4) is 0 Å². The van der Waals surface area contributed by atoms with Crippen molar-refractivity contribution in [2.45, 2.75) is 65.0 Å². The van der Waals surface area contributed by atoms with Crippen LogP contribution in [0.2, 0.25) is 0 Å². The van der Waals surface area contributed by atoms with Crippen LogP contribution in [0.1, 0.15) is 52.4 Å². The highest BCUT2D eigenvalue weighted by molar-refractivity contribution is 5.89. The van der Waals surface area contributed by atoms with Crippen molar-refractivity contribution in [2.75, 3.05) is 0 Å². The Labute approximate surface area is 169 Å². The Kier molecular flexibility index (Phi) is 6.95. The highest BCUT2D eigenvalue weighted by Gasteiger charge is 2.28. The Hall–Kier alpha value is -2.77. The largest absolute Gasteiger partial charge is 0.442 e. The van der Waals surface area contributed by atoms with Gasteiger partial charge in [-0.05, 0) is 37.3 Å². The highest BCUT2D eigenvalue weighted by atomic mass is 16.5. The summed E-state index contributed by atoms with van der Waals surface area (Å²) in [6, 6.07) is 4.55. The van der Waals surface area contributed by atoms with Gasteiger partial charge in [0.2, 0.25) is 11.7 Å². The van der Waals surface area contributed by atoms with Crippen LogP contribution in [0.5, 0.6) is 0 Å². The van der Waals surface area contributed by atoms with E-state index in [1.807, 2.05) is 13.8 Å². The molecule has 1 aliphatic rings. The minimum Gasteiger partial charge on any atom is -0.346 e. The molecule has 0 bridgehead atoms. The fraction of sp³-hybridized carbons (Fsp3) is 0.571. The number of carbonyl (C=O) groups is 2. The van der Waals surface area contributed by atoms with E-state index in [-0.39, 0.29) is 35.9 Å². The summed E-state index contributed by atoms with van der Waals surface area (Å²) in [5, 5.41) is 6.71. The van der Waals surface area contributed by atoms with E-state index in [4.69, 9.17) is 4.52 Å². The Balaban J connectivity index is 1.76. The predicted molar refractivity (Wildman–Crippen MR) is 107 cm³/mol. The van der Waals surface area contributed by atoms with Crippen molar-refractivity contribution in [1.29, 1.82) is 0 Å². The molecule has 156 valence electrons. The normalized spacial score (nSPS) is 16.0. The quantitative estimate of drug-likeness (QED) is 0.730. The van der Waals surface area contributed by atoms with Crippen LogP contribution < -0.4 is 11.1 Å². The van der Waals surface area contributed by atoms with Gasteiger partial charge in [-0.3, -0.25) is 19.1 Å². The molecule has 0 aromatic carbocycles. The Bertz CT molecular complexity index is 882. The van der Waals surface area contributed by atoms with Gasteiger partial charge in [-0.1, -0.05) is 44.3 Å². The first-order valence-corrected chi connectivity index (χ1v) is 10.3. The molecule has 8 heteroatoms. The summed E-state index contributed by atoms with van der Waals surface area (Å²) in [7, 11) is 0. The van der Waals surface area contributed by atoms with Crippen LogP contribution in [0.15, 0.2) is 33.7 Å². The van der Waals surface area contributed by atoms with Gasteiger partial charge < -0.3 is 5.32 Å². The molecule has 0 aliphatic heterocycles. The van der Waals surface area contributed by atoms with Crippen molar-refractivity contribution in [1.82, 2.24) is 20.0 Å². The van der Waals surface area contributed by atoms with Gasteiger partial charge in [0.15, 0.2) is 5.78 Å². The number of amides is 1. The van der Waals surface area contributed by atoms with E-state index >= 15 is 0 Å². The number of nitrogens with one attached hydrogen (secondary N) is 1. The number of nitrogens with zero attached hydrogens (tertiary/aromatic N) is 3. The van der Waals surface area contributed by atoms with E-state index in [1.54, 1.807) is 24.4 Å². The molecule has 2 heterocycles. The first-order chi connectivity index (χ1) is 14.0. The zero-order valence-corrected chi connectivity index (χ0v) is 17.0. The summed E-state index contributed by atoms with van der Waals surface area (Å²) >= 11 is 0. The molecule has 1 N–H and O–H groups in total. The molecule has 1 saturated carbocycles. The molecule has 0 spiro atoms. The molecule has 1 unspecified atom stereocenters. The van der Waals surface area contributed by atoms with Gasteiger partial charge in [-0.2, -0.15) is 0 Å². The smallest absolute Gasteiger partial charge is 0.346 e. The van der Waals surface area contributed by atoms with Crippen LogP contribution in [0, 0.1) is 11.8 Å². The summed E-state index contributed by atoms with van der Waals surface area (Å²) in [4.78, 5) is 42.0. The fourth-order valence-electron chi connectivity index (χ4n) is 3.75. The van der Waals surface area contributed by atoms with Crippen molar-refractivity contribution in [3.63, 3.8) is 0 Å². The molecule has 2 aromatic rings. The highest BCUT2D eigenvalue weighted by Crippen LogP contribution is 2.24. The average Bonchev–Trinajstić information content (AvgIpc) is 3.08. The van der Waals surface area contributed by atoms with Gasteiger partial charge in [0.25, 0.3) is 0 Å².